The molecule has 6 nitrogen and oxygen atoms in total. The molecule has 2 heterocycles. The van der Waals surface area contributed by atoms with Crippen LogP contribution in [0.1, 0.15) is 25.6 Å². The number of anilines is 2. The van der Waals surface area contributed by atoms with E-state index in [9.17, 15) is 9.59 Å². The number of aromatic nitrogens is 2. The molecule has 1 amide bonds. The zero-order chi connectivity index (χ0) is 16.2. The Kier molecular flexibility index (Phi) is 4.11. The van der Waals surface area contributed by atoms with Crippen LogP contribution >= 0.6 is 11.3 Å². The first kappa shape index (κ1) is 14.9. The summed E-state index contributed by atoms with van der Waals surface area (Å²) in [5.74, 6) is -0.486. The molecule has 2 aromatic heterocycles. The van der Waals surface area contributed by atoms with E-state index in [2.05, 4.69) is 15.3 Å². The Morgan fingerprint density at radius 2 is 1.78 bits per heavy atom. The Balaban J connectivity index is 1.82. The molecule has 0 spiro atoms. The minimum absolute atomic E-state index is 0.0900. The van der Waals surface area contributed by atoms with Crippen LogP contribution in [-0.2, 0) is 0 Å². The highest BCUT2D eigenvalue weighted by Crippen LogP contribution is 2.27. The first-order valence-corrected chi connectivity index (χ1v) is 7.54. The minimum Gasteiger partial charge on any atom is -0.382 e. The lowest BCUT2D eigenvalue weighted by atomic mass is 10.2. The number of nitrogen functional groups attached to an aromatic ring is 1. The number of carbonyl (C=O) groups is 2. The number of benzene rings is 1. The van der Waals surface area contributed by atoms with Crippen molar-refractivity contribution in [1.29, 1.82) is 0 Å². The molecule has 0 unspecified atom stereocenters. The van der Waals surface area contributed by atoms with E-state index >= 15 is 0 Å². The molecule has 3 N–H and O–H groups in total. The van der Waals surface area contributed by atoms with Gasteiger partial charge in [-0.25, -0.2) is 4.98 Å². The molecule has 0 fully saturated rings. The molecule has 1 aromatic carbocycles. The zero-order valence-electron chi connectivity index (χ0n) is 11.9. The fourth-order valence-electron chi connectivity index (χ4n) is 1.94. The minimum atomic E-state index is -0.306. The van der Waals surface area contributed by atoms with E-state index in [1.165, 1.54) is 6.20 Å². The summed E-state index contributed by atoms with van der Waals surface area (Å²) in [4.78, 5) is 32.7. The third-order valence-electron chi connectivity index (χ3n) is 3.04. The van der Waals surface area contributed by atoms with Gasteiger partial charge in [-0.2, -0.15) is 0 Å². The van der Waals surface area contributed by atoms with Crippen LogP contribution in [0.15, 0.2) is 54.9 Å². The summed E-state index contributed by atoms with van der Waals surface area (Å²) in [5, 5.41) is 2.93. The van der Waals surface area contributed by atoms with Crippen LogP contribution in [0.2, 0.25) is 0 Å². The highest BCUT2D eigenvalue weighted by molar-refractivity contribution is 7.18. The Morgan fingerprint density at radius 3 is 2.48 bits per heavy atom. The average Bonchev–Trinajstić information content (AvgIpc) is 2.96. The Labute approximate surface area is 136 Å². The fraction of sp³-hybridized carbons (Fsp3) is 0. The maximum absolute atomic E-state index is 12.4. The van der Waals surface area contributed by atoms with E-state index < -0.39 is 0 Å². The number of hydrogen-bond donors (Lipinski definition) is 2. The first-order chi connectivity index (χ1) is 11.1. The van der Waals surface area contributed by atoms with E-state index in [0.29, 0.717) is 11.1 Å². The molecule has 0 radical (unpaired) electrons. The lowest BCUT2D eigenvalue weighted by Gasteiger charge is -2.00. The third-order valence-corrected chi connectivity index (χ3v) is 4.03. The molecule has 114 valence electrons. The summed E-state index contributed by atoms with van der Waals surface area (Å²) in [6, 6.07) is 12.1. The topological polar surface area (TPSA) is 98.0 Å². The Hall–Kier alpha value is -3.06. The number of nitrogens with two attached hydrogens (primary N) is 1. The van der Waals surface area contributed by atoms with Gasteiger partial charge in [-0.1, -0.05) is 29.5 Å². The van der Waals surface area contributed by atoms with Crippen molar-refractivity contribution in [2.45, 2.75) is 0 Å². The summed E-state index contributed by atoms with van der Waals surface area (Å²) in [6.07, 6.45) is 3.04. The van der Waals surface area contributed by atoms with Gasteiger partial charge < -0.3 is 5.73 Å². The molecule has 0 saturated heterocycles. The van der Waals surface area contributed by atoms with Gasteiger partial charge in [0.25, 0.3) is 5.91 Å². The van der Waals surface area contributed by atoms with Crippen LogP contribution < -0.4 is 11.1 Å². The second-order valence-corrected chi connectivity index (χ2v) is 5.62. The molecule has 7 heteroatoms. The monoisotopic (exact) mass is 324 g/mol. The molecule has 0 bridgehead atoms. The van der Waals surface area contributed by atoms with Gasteiger partial charge in [0.1, 0.15) is 10.7 Å². The van der Waals surface area contributed by atoms with Crippen molar-refractivity contribution in [1.82, 2.24) is 9.97 Å². The fourth-order valence-corrected chi connectivity index (χ4v) is 2.78. The van der Waals surface area contributed by atoms with Crippen LogP contribution in [0.3, 0.4) is 0 Å². The van der Waals surface area contributed by atoms with Gasteiger partial charge in [0.05, 0.1) is 0 Å². The summed E-state index contributed by atoms with van der Waals surface area (Å²) in [6.45, 7) is 0. The molecular formula is C16H12N4O2S. The molecule has 0 aliphatic heterocycles. The van der Waals surface area contributed by atoms with Crippen molar-refractivity contribution in [3.63, 3.8) is 0 Å². The van der Waals surface area contributed by atoms with Crippen LogP contribution in [-0.4, -0.2) is 21.7 Å². The smallest absolute Gasteiger partial charge is 0.257 e. The Bertz CT molecular complexity index is 847. The lowest BCUT2D eigenvalue weighted by Crippen LogP contribution is -2.11. The lowest BCUT2D eigenvalue weighted by molar-refractivity contribution is 0.102. The second-order valence-electron chi connectivity index (χ2n) is 4.62. The van der Waals surface area contributed by atoms with E-state index in [-0.39, 0.29) is 27.5 Å². The number of thiazole rings is 1. The van der Waals surface area contributed by atoms with Gasteiger partial charge in [-0.15, -0.1) is 0 Å². The van der Waals surface area contributed by atoms with Gasteiger partial charge in [-0.3, -0.25) is 19.9 Å². The van der Waals surface area contributed by atoms with Crippen LogP contribution in [0.25, 0.3) is 0 Å². The number of amides is 1. The van der Waals surface area contributed by atoms with Gasteiger partial charge in [-0.05, 0) is 24.3 Å². The van der Waals surface area contributed by atoms with Crippen molar-refractivity contribution >= 4 is 34.0 Å². The van der Waals surface area contributed by atoms with Crippen LogP contribution in [0.4, 0.5) is 10.9 Å². The molecule has 23 heavy (non-hydrogen) atoms. The number of rotatable bonds is 4. The molecule has 0 saturated carbocycles. The van der Waals surface area contributed by atoms with Crippen LogP contribution in [0, 0.1) is 0 Å². The highest BCUT2D eigenvalue weighted by atomic mass is 32.1. The zero-order valence-corrected chi connectivity index (χ0v) is 12.7. The number of pyridine rings is 1. The molecule has 3 aromatic rings. The summed E-state index contributed by atoms with van der Waals surface area (Å²) >= 11 is 1.04. The van der Waals surface area contributed by atoms with Crippen molar-refractivity contribution in [2.75, 3.05) is 11.1 Å². The van der Waals surface area contributed by atoms with Gasteiger partial charge in [0.2, 0.25) is 5.78 Å². The number of ketones is 1. The van der Waals surface area contributed by atoms with E-state index in [0.717, 1.165) is 11.3 Å². The average molecular weight is 324 g/mol. The van der Waals surface area contributed by atoms with Crippen molar-refractivity contribution < 1.29 is 9.59 Å². The number of hydrogen-bond acceptors (Lipinski definition) is 6. The molecule has 0 aliphatic rings. The summed E-state index contributed by atoms with van der Waals surface area (Å²) in [5.41, 5.74) is 6.72. The predicted molar refractivity (Wildman–Crippen MR) is 88.6 cm³/mol. The SMILES string of the molecule is Nc1nc(NC(=O)c2ccccc2)sc1C(=O)c1cccnc1. The van der Waals surface area contributed by atoms with Gasteiger partial charge in [0.15, 0.2) is 5.13 Å². The molecular weight excluding hydrogens is 312 g/mol. The Morgan fingerprint density at radius 1 is 1.04 bits per heavy atom. The maximum atomic E-state index is 12.4. The largest absolute Gasteiger partial charge is 0.382 e. The second kappa shape index (κ2) is 6.37. The van der Waals surface area contributed by atoms with E-state index in [1.807, 2.05) is 6.07 Å². The normalized spacial score (nSPS) is 10.3. The van der Waals surface area contributed by atoms with E-state index in [4.69, 9.17) is 5.73 Å². The number of carbonyl (C=O) groups excluding carboxylic acids is 2. The third kappa shape index (κ3) is 3.24. The summed E-state index contributed by atoms with van der Waals surface area (Å²) in [7, 11) is 0. The molecule has 0 aliphatic carbocycles. The standard InChI is InChI=1S/C16H12N4O2S/c17-14-13(12(21)11-7-4-8-18-9-11)23-16(19-14)20-15(22)10-5-2-1-3-6-10/h1-9H,17H2,(H,19,20,22). The van der Waals surface area contributed by atoms with Gasteiger partial charge >= 0.3 is 0 Å². The first-order valence-electron chi connectivity index (χ1n) is 6.72. The van der Waals surface area contributed by atoms with Crippen molar-refractivity contribution in [3.05, 3.63) is 70.9 Å². The summed E-state index contributed by atoms with van der Waals surface area (Å²) < 4.78 is 0. The van der Waals surface area contributed by atoms with E-state index in [1.54, 1.807) is 42.6 Å². The van der Waals surface area contributed by atoms with Crippen molar-refractivity contribution in [2.24, 2.45) is 0 Å². The van der Waals surface area contributed by atoms with Gasteiger partial charge in [0, 0.05) is 23.5 Å². The molecule has 0 atom stereocenters. The van der Waals surface area contributed by atoms with Crippen LogP contribution in [0.5, 0.6) is 0 Å². The number of nitrogens with zero attached hydrogens (tertiary/aromatic N) is 2. The maximum Gasteiger partial charge on any atom is 0.257 e. The quantitative estimate of drug-likeness (QED) is 0.719. The highest BCUT2D eigenvalue weighted by Gasteiger charge is 2.19. The predicted octanol–water partition coefficient (Wildman–Crippen LogP) is 2.60. The number of nitrogens with one attached hydrogen (secondary N) is 1. The molecule has 3 rings (SSSR count). The van der Waals surface area contributed by atoms with Crippen molar-refractivity contribution in [3.8, 4) is 0 Å².